The summed E-state index contributed by atoms with van der Waals surface area (Å²) in [5.41, 5.74) is 0.835. The number of carbonyl (C=O) groups is 2. The quantitative estimate of drug-likeness (QED) is 0.802. The molecular formula is C16H17N3O4. The lowest BCUT2D eigenvalue weighted by Crippen LogP contribution is -2.34. The molecule has 0 N–H and O–H groups in total. The Balaban J connectivity index is 1.74. The van der Waals surface area contributed by atoms with E-state index in [9.17, 15) is 9.59 Å². The maximum Gasteiger partial charge on any atom is 0.303 e. The van der Waals surface area contributed by atoms with Gasteiger partial charge >= 0.3 is 5.97 Å². The zero-order valence-electron chi connectivity index (χ0n) is 12.8. The van der Waals surface area contributed by atoms with Crippen molar-refractivity contribution in [1.29, 1.82) is 0 Å². The van der Waals surface area contributed by atoms with Gasteiger partial charge in [0.05, 0.1) is 0 Å². The summed E-state index contributed by atoms with van der Waals surface area (Å²) in [5.74, 6) is 0.123. The number of ether oxygens (including phenoxy) is 1. The first-order chi connectivity index (χ1) is 11.1. The number of carbonyl (C=O) groups excluding carboxylic acids is 2. The van der Waals surface area contributed by atoms with E-state index in [0.717, 1.165) is 18.4 Å². The summed E-state index contributed by atoms with van der Waals surface area (Å²) < 4.78 is 10.5. The Hall–Kier alpha value is -2.70. The van der Waals surface area contributed by atoms with Gasteiger partial charge in [0.1, 0.15) is 6.04 Å². The Morgan fingerprint density at radius 3 is 2.83 bits per heavy atom. The van der Waals surface area contributed by atoms with Crippen molar-refractivity contribution >= 4 is 11.9 Å². The second kappa shape index (κ2) is 6.60. The molecule has 1 aromatic carbocycles. The minimum absolute atomic E-state index is 0.248. The summed E-state index contributed by atoms with van der Waals surface area (Å²) >= 11 is 0. The molecule has 0 spiro atoms. The topological polar surface area (TPSA) is 85.5 Å². The van der Waals surface area contributed by atoms with Gasteiger partial charge in [0.25, 0.3) is 5.91 Å². The fourth-order valence-corrected chi connectivity index (χ4v) is 2.63. The molecule has 2 aromatic rings. The van der Waals surface area contributed by atoms with E-state index in [1.54, 1.807) is 4.90 Å². The van der Waals surface area contributed by atoms with Gasteiger partial charge < -0.3 is 14.1 Å². The molecule has 1 amide bonds. The summed E-state index contributed by atoms with van der Waals surface area (Å²) in [5, 5.41) is 8.14. The molecule has 1 aliphatic heterocycles. The van der Waals surface area contributed by atoms with Crippen LogP contribution in [0.5, 0.6) is 0 Å². The number of nitrogens with zero attached hydrogens (tertiary/aromatic N) is 3. The third-order valence-electron chi connectivity index (χ3n) is 3.72. The van der Waals surface area contributed by atoms with Crippen LogP contribution in [0.15, 0.2) is 34.7 Å². The highest BCUT2D eigenvalue weighted by Crippen LogP contribution is 2.32. The molecule has 23 heavy (non-hydrogen) atoms. The predicted octanol–water partition coefficient (Wildman–Crippen LogP) is 1.96. The molecule has 1 unspecified atom stereocenters. The smallest absolute Gasteiger partial charge is 0.303 e. The fraction of sp³-hybridized carbons (Fsp3) is 0.375. The second-order valence-electron chi connectivity index (χ2n) is 5.34. The number of amides is 1. The van der Waals surface area contributed by atoms with E-state index in [-0.39, 0.29) is 18.6 Å². The highest BCUT2D eigenvalue weighted by molar-refractivity contribution is 5.80. The van der Waals surface area contributed by atoms with Crippen LogP contribution in [0.25, 0.3) is 11.5 Å². The van der Waals surface area contributed by atoms with Gasteiger partial charge in [-0.15, -0.1) is 10.2 Å². The van der Waals surface area contributed by atoms with E-state index in [1.807, 2.05) is 30.3 Å². The zero-order valence-corrected chi connectivity index (χ0v) is 12.8. The lowest BCUT2D eigenvalue weighted by Gasteiger charge is -2.21. The molecule has 2 heterocycles. The van der Waals surface area contributed by atoms with Gasteiger partial charge in [-0.05, 0) is 25.0 Å². The van der Waals surface area contributed by atoms with Gasteiger partial charge in [-0.2, -0.15) is 0 Å². The molecule has 7 nitrogen and oxygen atoms in total. The highest BCUT2D eigenvalue weighted by atomic mass is 16.5. The molecule has 0 bridgehead atoms. The van der Waals surface area contributed by atoms with E-state index in [1.165, 1.54) is 6.92 Å². The van der Waals surface area contributed by atoms with Crippen LogP contribution in [0.4, 0.5) is 0 Å². The summed E-state index contributed by atoms with van der Waals surface area (Å²) in [6, 6.07) is 9.20. The molecule has 1 aromatic heterocycles. The van der Waals surface area contributed by atoms with Crippen LogP contribution in [-0.4, -0.2) is 40.1 Å². The molecular weight excluding hydrogens is 298 g/mol. The number of rotatable bonds is 4. The number of aromatic nitrogens is 2. The fourth-order valence-electron chi connectivity index (χ4n) is 2.63. The Bertz CT molecular complexity index is 698. The number of esters is 1. The van der Waals surface area contributed by atoms with Crippen LogP contribution in [-0.2, 0) is 14.3 Å². The molecule has 1 aliphatic rings. The van der Waals surface area contributed by atoms with E-state index >= 15 is 0 Å². The minimum Gasteiger partial charge on any atom is -0.456 e. The summed E-state index contributed by atoms with van der Waals surface area (Å²) in [4.78, 5) is 24.6. The van der Waals surface area contributed by atoms with E-state index in [2.05, 4.69) is 10.2 Å². The third kappa shape index (κ3) is 3.39. The van der Waals surface area contributed by atoms with Crippen molar-refractivity contribution in [2.24, 2.45) is 0 Å². The van der Waals surface area contributed by atoms with Crippen LogP contribution in [0.3, 0.4) is 0 Å². The zero-order chi connectivity index (χ0) is 16.2. The molecule has 0 radical (unpaired) electrons. The van der Waals surface area contributed by atoms with Crippen molar-refractivity contribution in [3.05, 3.63) is 36.2 Å². The van der Waals surface area contributed by atoms with Crippen LogP contribution in [0, 0.1) is 0 Å². The van der Waals surface area contributed by atoms with Crippen molar-refractivity contribution in [3.63, 3.8) is 0 Å². The Morgan fingerprint density at radius 2 is 2.09 bits per heavy atom. The first-order valence-corrected chi connectivity index (χ1v) is 7.47. The molecule has 120 valence electrons. The van der Waals surface area contributed by atoms with Crippen molar-refractivity contribution < 1.29 is 18.7 Å². The van der Waals surface area contributed by atoms with Crippen molar-refractivity contribution in [1.82, 2.24) is 15.1 Å². The monoisotopic (exact) mass is 315 g/mol. The number of benzene rings is 1. The molecule has 3 rings (SSSR count). The van der Waals surface area contributed by atoms with Gasteiger partial charge in [0.15, 0.2) is 6.61 Å². The maximum absolute atomic E-state index is 12.2. The van der Waals surface area contributed by atoms with E-state index in [0.29, 0.717) is 18.3 Å². The Labute approximate surface area is 133 Å². The maximum atomic E-state index is 12.2. The standard InChI is InChI=1S/C16H17N3O4/c1-11(20)22-10-14(21)19-9-5-8-13(19)16-18-17-15(23-16)12-6-3-2-4-7-12/h2-4,6-7,13H,5,8-10H2,1H3. The van der Waals surface area contributed by atoms with Gasteiger partial charge in [-0.3, -0.25) is 9.59 Å². The first kappa shape index (κ1) is 15.2. The van der Waals surface area contributed by atoms with Crippen molar-refractivity contribution in [3.8, 4) is 11.5 Å². The van der Waals surface area contributed by atoms with Crippen LogP contribution >= 0.6 is 0 Å². The molecule has 1 saturated heterocycles. The van der Waals surface area contributed by atoms with Crippen LogP contribution in [0.1, 0.15) is 31.7 Å². The molecule has 1 fully saturated rings. The Kier molecular flexibility index (Phi) is 4.36. The molecule has 0 aliphatic carbocycles. The summed E-state index contributed by atoms with van der Waals surface area (Å²) in [7, 11) is 0. The average Bonchev–Trinajstić information content (AvgIpc) is 3.22. The number of likely N-dealkylation sites (tertiary alicyclic amines) is 1. The van der Waals surface area contributed by atoms with Crippen molar-refractivity contribution in [2.75, 3.05) is 13.2 Å². The Morgan fingerprint density at radius 1 is 1.30 bits per heavy atom. The third-order valence-corrected chi connectivity index (χ3v) is 3.72. The first-order valence-electron chi connectivity index (χ1n) is 7.47. The largest absolute Gasteiger partial charge is 0.456 e. The normalized spacial score (nSPS) is 17.3. The lowest BCUT2D eigenvalue weighted by molar-refractivity contribution is -0.150. The average molecular weight is 315 g/mol. The molecule has 1 atom stereocenters. The van der Waals surface area contributed by atoms with Crippen LogP contribution < -0.4 is 0 Å². The summed E-state index contributed by atoms with van der Waals surface area (Å²) in [6.45, 7) is 1.61. The van der Waals surface area contributed by atoms with E-state index in [4.69, 9.17) is 9.15 Å². The van der Waals surface area contributed by atoms with Crippen LogP contribution in [0.2, 0.25) is 0 Å². The van der Waals surface area contributed by atoms with Gasteiger partial charge in [0.2, 0.25) is 11.8 Å². The number of hydrogen-bond acceptors (Lipinski definition) is 6. The SMILES string of the molecule is CC(=O)OCC(=O)N1CCCC1c1nnc(-c2ccccc2)o1. The van der Waals surface area contributed by atoms with Gasteiger partial charge in [-0.25, -0.2) is 0 Å². The highest BCUT2D eigenvalue weighted by Gasteiger charge is 2.34. The second-order valence-corrected chi connectivity index (χ2v) is 5.34. The van der Waals surface area contributed by atoms with Gasteiger partial charge in [-0.1, -0.05) is 18.2 Å². The predicted molar refractivity (Wildman–Crippen MR) is 80.1 cm³/mol. The summed E-state index contributed by atoms with van der Waals surface area (Å²) in [6.07, 6.45) is 1.60. The van der Waals surface area contributed by atoms with Gasteiger partial charge in [0, 0.05) is 19.0 Å². The molecule has 7 heteroatoms. The van der Waals surface area contributed by atoms with Crippen molar-refractivity contribution in [2.45, 2.75) is 25.8 Å². The minimum atomic E-state index is -0.474. The molecule has 0 saturated carbocycles. The number of hydrogen-bond donors (Lipinski definition) is 0. The van der Waals surface area contributed by atoms with E-state index < -0.39 is 5.97 Å². The lowest BCUT2D eigenvalue weighted by atomic mass is 10.2.